The highest BCUT2D eigenvalue weighted by Crippen LogP contribution is 2.35. The number of nitrogens with zero attached hydrogens (tertiary/aromatic N) is 1. The number of carbonyl (C=O) groups excluding carboxylic acids is 1. The molecule has 1 unspecified atom stereocenters. The Kier molecular flexibility index (Phi) is 5.06. The second kappa shape index (κ2) is 7.43. The van der Waals surface area contributed by atoms with E-state index in [1.165, 1.54) is 24.3 Å². The van der Waals surface area contributed by atoms with E-state index >= 15 is 0 Å². The smallest absolute Gasteiger partial charge is 0.269 e. The standard InChI is InChI=1S/C19H20N2O5/c1-12-9-13(2)19-16(10-12)17(7-8-25-19)20-18(22)11-26-15-5-3-14(4-6-15)21(23)24/h3-6,9-10,17H,7-8,11H2,1-2H3,(H,20,22). The van der Waals surface area contributed by atoms with Crippen LogP contribution < -0.4 is 14.8 Å². The van der Waals surface area contributed by atoms with Crippen LogP contribution in [0.2, 0.25) is 0 Å². The van der Waals surface area contributed by atoms with Crippen molar-refractivity contribution in [2.24, 2.45) is 0 Å². The van der Waals surface area contributed by atoms with Crippen molar-refractivity contribution >= 4 is 11.6 Å². The van der Waals surface area contributed by atoms with Gasteiger partial charge in [0.2, 0.25) is 0 Å². The molecule has 2 aromatic rings. The van der Waals surface area contributed by atoms with E-state index in [0.717, 1.165) is 22.4 Å². The summed E-state index contributed by atoms with van der Waals surface area (Å²) >= 11 is 0. The average Bonchev–Trinajstić information content (AvgIpc) is 2.61. The molecule has 0 aromatic heterocycles. The highest BCUT2D eigenvalue weighted by Gasteiger charge is 2.24. The molecule has 0 fully saturated rings. The van der Waals surface area contributed by atoms with Crippen molar-refractivity contribution in [3.05, 3.63) is 63.2 Å². The van der Waals surface area contributed by atoms with E-state index in [9.17, 15) is 14.9 Å². The largest absolute Gasteiger partial charge is 0.493 e. The predicted molar refractivity (Wildman–Crippen MR) is 95.5 cm³/mol. The zero-order valence-corrected chi connectivity index (χ0v) is 14.7. The van der Waals surface area contributed by atoms with Crippen LogP contribution in [0.3, 0.4) is 0 Å². The molecule has 1 N–H and O–H groups in total. The van der Waals surface area contributed by atoms with Crippen LogP contribution in [0.25, 0.3) is 0 Å². The molecule has 1 aliphatic rings. The number of hydrogen-bond donors (Lipinski definition) is 1. The van der Waals surface area contributed by atoms with Crippen LogP contribution in [-0.2, 0) is 4.79 Å². The normalized spacial score (nSPS) is 15.5. The quantitative estimate of drug-likeness (QED) is 0.656. The molecule has 26 heavy (non-hydrogen) atoms. The number of nitro benzene ring substituents is 1. The summed E-state index contributed by atoms with van der Waals surface area (Å²) in [7, 11) is 0. The lowest BCUT2D eigenvalue weighted by Crippen LogP contribution is -2.35. The Labute approximate surface area is 151 Å². The average molecular weight is 356 g/mol. The maximum Gasteiger partial charge on any atom is 0.269 e. The van der Waals surface area contributed by atoms with Gasteiger partial charge in [0, 0.05) is 24.1 Å². The lowest BCUT2D eigenvalue weighted by Gasteiger charge is -2.28. The molecule has 2 aromatic carbocycles. The number of non-ortho nitro benzene ring substituents is 1. The van der Waals surface area contributed by atoms with Crippen molar-refractivity contribution in [1.29, 1.82) is 0 Å². The van der Waals surface area contributed by atoms with Crippen molar-refractivity contribution < 1.29 is 19.2 Å². The third kappa shape index (κ3) is 3.93. The number of hydrogen-bond acceptors (Lipinski definition) is 5. The number of carbonyl (C=O) groups is 1. The van der Waals surface area contributed by atoms with Gasteiger partial charge in [0.05, 0.1) is 17.6 Å². The molecular weight excluding hydrogens is 336 g/mol. The van der Waals surface area contributed by atoms with Crippen LogP contribution in [-0.4, -0.2) is 24.0 Å². The number of nitro groups is 1. The predicted octanol–water partition coefficient (Wildman–Crippen LogP) is 3.23. The van der Waals surface area contributed by atoms with E-state index in [1.807, 2.05) is 19.9 Å². The zero-order valence-electron chi connectivity index (χ0n) is 14.7. The van der Waals surface area contributed by atoms with Gasteiger partial charge in [-0.15, -0.1) is 0 Å². The number of rotatable bonds is 5. The molecule has 1 atom stereocenters. The maximum absolute atomic E-state index is 12.3. The van der Waals surface area contributed by atoms with Crippen LogP contribution in [0.1, 0.15) is 29.2 Å². The van der Waals surface area contributed by atoms with Crippen molar-refractivity contribution in [3.63, 3.8) is 0 Å². The summed E-state index contributed by atoms with van der Waals surface area (Å²) in [6.07, 6.45) is 0.694. The molecule has 0 spiro atoms. The van der Waals surface area contributed by atoms with Crippen molar-refractivity contribution in [2.45, 2.75) is 26.3 Å². The topological polar surface area (TPSA) is 90.7 Å². The van der Waals surface area contributed by atoms with Gasteiger partial charge in [-0.1, -0.05) is 17.7 Å². The zero-order chi connectivity index (χ0) is 18.7. The summed E-state index contributed by atoms with van der Waals surface area (Å²) < 4.78 is 11.2. The Balaban J connectivity index is 1.62. The highest BCUT2D eigenvalue weighted by atomic mass is 16.6. The number of amides is 1. The molecule has 1 aliphatic heterocycles. The fourth-order valence-corrected chi connectivity index (χ4v) is 3.08. The second-order valence-corrected chi connectivity index (χ2v) is 6.30. The van der Waals surface area contributed by atoms with Crippen molar-refractivity contribution in [1.82, 2.24) is 5.32 Å². The van der Waals surface area contributed by atoms with E-state index < -0.39 is 4.92 Å². The van der Waals surface area contributed by atoms with Crippen LogP contribution in [0.5, 0.6) is 11.5 Å². The van der Waals surface area contributed by atoms with Crippen LogP contribution in [0, 0.1) is 24.0 Å². The maximum atomic E-state index is 12.3. The molecule has 1 amide bonds. The summed E-state index contributed by atoms with van der Waals surface area (Å²) in [5.41, 5.74) is 3.14. The minimum Gasteiger partial charge on any atom is -0.493 e. The fraction of sp³-hybridized carbons (Fsp3) is 0.316. The van der Waals surface area contributed by atoms with Gasteiger partial charge in [-0.3, -0.25) is 14.9 Å². The molecule has 7 heteroatoms. The van der Waals surface area contributed by atoms with Crippen LogP contribution in [0.15, 0.2) is 36.4 Å². The van der Waals surface area contributed by atoms with Crippen molar-refractivity contribution in [2.75, 3.05) is 13.2 Å². The SMILES string of the molecule is Cc1cc(C)c2c(c1)C(NC(=O)COc1ccc([N+](=O)[O-])cc1)CCO2. The van der Waals surface area contributed by atoms with E-state index in [1.54, 1.807) is 0 Å². The molecule has 0 aliphatic carbocycles. The van der Waals surface area contributed by atoms with Gasteiger partial charge >= 0.3 is 0 Å². The Morgan fingerprint density at radius 2 is 2.04 bits per heavy atom. The molecule has 136 valence electrons. The first-order chi connectivity index (χ1) is 12.4. The van der Waals surface area contributed by atoms with Gasteiger partial charge in [-0.2, -0.15) is 0 Å². The number of benzene rings is 2. The molecule has 0 radical (unpaired) electrons. The minimum atomic E-state index is -0.483. The Morgan fingerprint density at radius 3 is 2.73 bits per heavy atom. The summed E-state index contributed by atoms with van der Waals surface area (Å²) in [6, 6.07) is 9.60. The van der Waals surface area contributed by atoms with E-state index in [4.69, 9.17) is 9.47 Å². The third-order valence-electron chi connectivity index (χ3n) is 4.23. The van der Waals surface area contributed by atoms with Crippen molar-refractivity contribution in [3.8, 4) is 11.5 Å². The molecular formula is C19H20N2O5. The van der Waals surface area contributed by atoms with E-state index in [-0.39, 0.29) is 24.2 Å². The van der Waals surface area contributed by atoms with E-state index in [0.29, 0.717) is 18.8 Å². The molecule has 0 saturated heterocycles. The van der Waals surface area contributed by atoms with Gasteiger partial charge in [-0.05, 0) is 31.5 Å². The minimum absolute atomic E-state index is 0.0219. The number of ether oxygens (including phenoxy) is 2. The Hall–Kier alpha value is -3.09. The summed E-state index contributed by atoms with van der Waals surface area (Å²) in [5, 5.41) is 13.6. The Bertz CT molecular complexity index is 833. The van der Waals surface area contributed by atoms with Crippen LogP contribution in [0.4, 0.5) is 5.69 Å². The van der Waals surface area contributed by atoms with Gasteiger partial charge < -0.3 is 14.8 Å². The molecule has 0 bridgehead atoms. The first kappa shape index (κ1) is 17.7. The summed E-state index contributed by atoms with van der Waals surface area (Å²) in [5.74, 6) is 0.994. The number of fused-ring (bicyclic) bond motifs is 1. The van der Waals surface area contributed by atoms with E-state index in [2.05, 4.69) is 11.4 Å². The van der Waals surface area contributed by atoms with Crippen LogP contribution >= 0.6 is 0 Å². The summed E-state index contributed by atoms with van der Waals surface area (Å²) in [6.45, 7) is 4.40. The second-order valence-electron chi connectivity index (χ2n) is 6.30. The van der Waals surface area contributed by atoms with Gasteiger partial charge in [-0.25, -0.2) is 0 Å². The highest BCUT2D eigenvalue weighted by molar-refractivity contribution is 5.78. The molecule has 1 heterocycles. The lowest BCUT2D eigenvalue weighted by atomic mass is 9.95. The molecule has 3 rings (SSSR count). The first-order valence-corrected chi connectivity index (χ1v) is 8.34. The van der Waals surface area contributed by atoms with Gasteiger partial charge in [0.25, 0.3) is 11.6 Å². The fourth-order valence-electron chi connectivity index (χ4n) is 3.08. The lowest BCUT2D eigenvalue weighted by molar-refractivity contribution is -0.384. The monoisotopic (exact) mass is 356 g/mol. The number of nitrogens with one attached hydrogen (secondary N) is 1. The molecule has 0 saturated carbocycles. The van der Waals surface area contributed by atoms with Gasteiger partial charge in [0.1, 0.15) is 11.5 Å². The molecule has 7 nitrogen and oxygen atoms in total. The summed E-state index contributed by atoms with van der Waals surface area (Å²) in [4.78, 5) is 22.4. The Morgan fingerprint density at radius 1 is 1.31 bits per heavy atom. The van der Waals surface area contributed by atoms with Gasteiger partial charge in [0.15, 0.2) is 6.61 Å². The number of aryl methyl sites for hydroxylation is 2. The third-order valence-corrected chi connectivity index (χ3v) is 4.23. The first-order valence-electron chi connectivity index (χ1n) is 8.34.